The number of aromatic nitrogens is 1. The lowest BCUT2D eigenvalue weighted by atomic mass is 10.2. The van der Waals surface area contributed by atoms with E-state index in [9.17, 15) is 4.79 Å². The van der Waals surface area contributed by atoms with E-state index < -0.39 is 0 Å². The molecule has 6 nitrogen and oxygen atoms in total. The number of nitrogens with zero attached hydrogens (tertiary/aromatic N) is 2. The van der Waals surface area contributed by atoms with Gasteiger partial charge in [-0.3, -0.25) is 4.79 Å². The molecular formula is C18H21N3O3. The quantitative estimate of drug-likeness (QED) is 0.914. The third-order valence-electron chi connectivity index (χ3n) is 3.77. The summed E-state index contributed by atoms with van der Waals surface area (Å²) in [5.74, 6) is 1.31. The summed E-state index contributed by atoms with van der Waals surface area (Å²) in [7, 11) is 0. The first-order valence-electron chi connectivity index (χ1n) is 8.10. The van der Waals surface area contributed by atoms with Crippen molar-refractivity contribution in [2.24, 2.45) is 0 Å². The zero-order valence-electron chi connectivity index (χ0n) is 13.7. The Bertz CT molecular complexity index is 682. The number of ether oxygens (including phenoxy) is 2. The Morgan fingerprint density at radius 1 is 1.25 bits per heavy atom. The summed E-state index contributed by atoms with van der Waals surface area (Å²) in [5, 5.41) is 2.91. The van der Waals surface area contributed by atoms with Crippen LogP contribution in [0.15, 0.2) is 42.6 Å². The highest BCUT2D eigenvalue weighted by Gasteiger charge is 2.19. The lowest BCUT2D eigenvalue weighted by Gasteiger charge is -2.29. The van der Waals surface area contributed by atoms with Crippen molar-refractivity contribution in [2.75, 3.05) is 43.1 Å². The monoisotopic (exact) mass is 327 g/mol. The maximum Gasteiger partial charge on any atom is 0.259 e. The van der Waals surface area contributed by atoms with Gasteiger partial charge in [0.05, 0.1) is 25.4 Å². The highest BCUT2D eigenvalue weighted by atomic mass is 16.5. The van der Waals surface area contributed by atoms with Crippen molar-refractivity contribution in [1.29, 1.82) is 0 Å². The summed E-state index contributed by atoms with van der Waals surface area (Å²) < 4.78 is 10.8. The number of carbonyl (C=O) groups is 1. The topological polar surface area (TPSA) is 63.7 Å². The van der Waals surface area contributed by atoms with E-state index >= 15 is 0 Å². The second-order valence-corrected chi connectivity index (χ2v) is 5.39. The van der Waals surface area contributed by atoms with Crippen molar-refractivity contribution < 1.29 is 14.3 Å². The van der Waals surface area contributed by atoms with Crippen LogP contribution in [0.25, 0.3) is 0 Å². The molecule has 6 heteroatoms. The van der Waals surface area contributed by atoms with Crippen molar-refractivity contribution in [3.8, 4) is 5.75 Å². The lowest BCUT2D eigenvalue weighted by Crippen LogP contribution is -2.38. The molecule has 1 aromatic carbocycles. The van der Waals surface area contributed by atoms with Gasteiger partial charge in [0, 0.05) is 25.0 Å². The van der Waals surface area contributed by atoms with Crippen LogP contribution >= 0.6 is 0 Å². The smallest absolute Gasteiger partial charge is 0.259 e. The first-order chi connectivity index (χ1) is 11.8. The fourth-order valence-corrected chi connectivity index (χ4v) is 2.60. The molecule has 0 radical (unpaired) electrons. The Hall–Kier alpha value is -2.60. The Morgan fingerprint density at radius 3 is 2.71 bits per heavy atom. The van der Waals surface area contributed by atoms with Gasteiger partial charge >= 0.3 is 0 Å². The number of hydrogen-bond donors (Lipinski definition) is 1. The van der Waals surface area contributed by atoms with E-state index in [0.29, 0.717) is 31.2 Å². The Labute approximate surface area is 141 Å². The molecule has 2 aromatic rings. The van der Waals surface area contributed by atoms with E-state index in [2.05, 4.69) is 15.2 Å². The van der Waals surface area contributed by atoms with Gasteiger partial charge in [0.25, 0.3) is 5.91 Å². The maximum atomic E-state index is 12.6. The fraction of sp³-hybridized carbons (Fsp3) is 0.333. The minimum Gasteiger partial charge on any atom is -0.494 e. The molecule has 1 saturated heterocycles. The maximum absolute atomic E-state index is 12.6. The number of anilines is 2. The third-order valence-corrected chi connectivity index (χ3v) is 3.77. The van der Waals surface area contributed by atoms with Gasteiger partial charge in [0.1, 0.15) is 11.6 Å². The van der Waals surface area contributed by atoms with E-state index in [4.69, 9.17) is 9.47 Å². The van der Waals surface area contributed by atoms with Gasteiger partial charge in [-0.25, -0.2) is 4.98 Å². The summed E-state index contributed by atoms with van der Waals surface area (Å²) in [5.41, 5.74) is 1.29. The van der Waals surface area contributed by atoms with Gasteiger partial charge in [-0.05, 0) is 43.3 Å². The lowest BCUT2D eigenvalue weighted by molar-refractivity contribution is 0.102. The zero-order valence-corrected chi connectivity index (χ0v) is 13.7. The summed E-state index contributed by atoms with van der Waals surface area (Å²) in [6.45, 7) is 5.32. The summed E-state index contributed by atoms with van der Waals surface area (Å²) in [4.78, 5) is 19.1. The van der Waals surface area contributed by atoms with Crippen molar-refractivity contribution in [3.63, 3.8) is 0 Å². The van der Waals surface area contributed by atoms with Crippen molar-refractivity contribution in [2.45, 2.75) is 6.92 Å². The number of carbonyl (C=O) groups excluding carboxylic acids is 1. The SMILES string of the molecule is CCOc1ccc(NC(=O)c2cccnc2N2CCOCC2)cc1. The largest absolute Gasteiger partial charge is 0.494 e. The molecule has 0 aliphatic carbocycles. The Kier molecular flexibility index (Phi) is 5.28. The van der Waals surface area contributed by atoms with E-state index in [1.54, 1.807) is 18.3 Å². The van der Waals surface area contributed by atoms with E-state index in [-0.39, 0.29) is 5.91 Å². The molecule has 1 aromatic heterocycles. The van der Waals surface area contributed by atoms with Crippen LogP contribution in [0.3, 0.4) is 0 Å². The molecule has 2 heterocycles. The predicted octanol–water partition coefficient (Wildman–Crippen LogP) is 2.57. The summed E-state index contributed by atoms with van der Waals surface area (Å²) in [6.07, 6.45) is 1.71. The number of morpholine rings is 1. The number of nitrogens with one attached hydrogen (secondary N) is 1. The Balaban J connectivity index is 1.75. The number of rotatable bonds is 5. The van der Waals surface area contributed by atoms with Crippen LogP contribution in [-0.2, 0) is 4.74 Å². The zero-order chi connectivity index (χ0) is 16.8. The second kappa shape index (κ2) is 7.79. The van der Waals surface area contributed by atoms with Gasteiger partial charge in [0.2, 0.25) is 0 Å². The summed E-state index contributed by atoms with van der Waals surface area (Å²) >= 11 is 0. The van der Waals surface area contributed by atoms with Crippen molar-refractivity contribution >= 4 is 17.4 Å². The third kappa shape index (κ3) is 3.83. The van der Waals surface area contributed by atoms with Crippen LogP contribution in [0.4, 0.5) is 11.5 Å². The van der Waals surface area contributed by atoms with E-state index in [1.165, 1.54) is 0 Å². The Morgan fingerprint density at radius 2 is 2.00 bits per heavy atom. The standard InChI is InChI=1S/C18H21N3O3/c1-2-24-15-7-5-14(6-8-15)20-18(22)16-4-3-9-19-17(16)21-10-12-23-13-11-21/h3-9H,2,10-13H2,1H3,(H,20,22). The van der Waals surface area contributed by atoms with Gasteiger partial charge in [-0.2, -0.15) is 0 Å². The first kappa shape index (κ1) is 16.3. The number of benzene rings is 1. The van der Waals surface area contributed by atoms with Crippen molar-refractivity contribution in [3.05, 3.63) is 48.2 Å². The van der Waals surface area contributed by atoms with Gasteiger partial charge in [0.15, 0.2) is 0 Å². The molecule has 0 bridgehead atoms. The number of pyridine rings is 1. The van der Waals surface area contributed by atoms with Crippen LogP contribution in [0.1, 0.15) is 17.3 Å². The predicted molar refractivity (Wildman–Crippen MR) is 92.8 cm³/mol. The average Bonchev–Trinajstić information content (AvgIpc) is 2.64. The molecular weight excluding hydrogens is 306 g/mol. The molecule has 0 spiro atoms. The molecule has 1 amide bonds. The molecule has 0 atom stereocenters. The normalized spacial score (nSPS) is 14.3. The molecule has 3 rings (SSSR count). The number of hydrogen-bond acceptors (Lipinski definition) is 5. The molecule has 1 aliphatic heterocycles. The fourth-order valence-electron chi connectivity index (χ4n) is 2.60. The highest BCUT2D eigenvalue weighted by molar-refractivity contribution is 6.07. The summed E-state index contributed by atoms with van der Waals surface area (Å²) in [6, 6.07) is 10.9. The van der Waals surface area contributed by atoms with Crippen LogP contribution in [0, 0.1) is 0 Å². The molecule has 0 unspecified atom stereocenters. The van der Waals surface area contributed by atoms with Gasteiger partial charge in [-0.1, -0.05) is 0 Å². The minimum atomic E-state index is -0.172. The molecule has 1 N–H and O–H groups in total. The molecule has 1 fully saturated rings. The molecule has 0 saturated carbocycles. The van der Waals surface area contributed by atoms with Crippen LogP contribution in [-0.4, -0.2) is 43.8 Å². The minimum absolute atomic E-state index is 0.172. The van der Waals surface area contributed by atoms with Crippen LogP contribution < -0.4 is 15.0 Å². The first-order valence-corrected chi connectivity index (χ1v) is 8.10. The van der Waals surface area contributed by atoms with Crippen LogP contribution in [0.2, 0.25) is 0 Å². The average molecular weight is 327 g/mol. The van der Waals surface area contributed by atoms with Gasteiger partial charge in [-0.15, -0.1) is 0 Å². The molecule has 24 heavy (non-hydrogen) atoms. The highest BCUT2D eigenvalue weighted by Crippen LogP contribution is 2.21. The van der Waals surface area contributed by atoms with E-state index in [0.717, 1.165) is 24.5 Å². The van der Waals surface area contributed by atoms with E-state index in [1.807, 2.05) is 31.2 Å². The molecule has 126 valence electrons. The van der Waals surface area contributed by atoms with Gasteiger partial charge < -0.3 is 19.7 Å². The van der Waals surface area contributed by atoms with Crippen LogP contribution in [0.5, 0.6) is 5.75 Å². The second-order valence-electron chi connectivity index (χ2n) is 5.39. The van der Waals surface area contributed by atoms with Crippen molar-refractivity contribution in [1.82, 2.24) is 4.98 Å². The molecule has 1 aliphatic rings. The number of amides is 1.